The zero-order valence-corrected chi connectivity index (χ0v) is 14.8. The molecule has 0 unspecified atom stereocenters. The van der Waals surface area contributed by atoms with Gasteiger partial charge in [0.25, 0.3) is 0 Å². The molecule has 0 radical (unpaired) electrons. The lowest BCUT2D eigenvalue weighted by Gasteiger charge is -2.64. The van der Waals surface area contributed by atoms with Crippen LogP contribution in [0.25, 0.3) is 0 Å². The van der Waals surface area contributed by atoms with Crippen LogP contribution in [0.1, 0.15) is 58.8 Å². The first-order valence-corrected chi connectivity index (χ1v) is 9.45. The highest BCUT2D eigenvalue weighted by molar-refractivity contribution is 5.75. The van der Waals surface area contributed by atoms with E-state index in [9.17, 15) is 20.1 Å². The molecule has 4 nitrogen and oxygen atoms in total. The Morgan fingerprint density at radius 2 is 1.92 bits per heavy atom. The lowest BCUT2D eigenvalue weighted by molar-refractivity contribution is -0.212. The second-order valence-electron chi connectivity index (χ2n) is 9.57. The molecule has 0 aromatic carbocycles. The highest BCUT2D eigenvalue weighted by atomic mass is 16.4. The van der Waals surface area contributed by atoms with E-state index in [0.717, 1.165) is 44.1 Å². The summed E-state index contributed by atoms with van der Waals surface area (Å²) in [6.45, 7) is 8.22. The monoisotopic (exact) mass is 334 g/mol. The molecule has 4 saturated carbocycles. The maximum absolute atomic E-state index is 12.1. The number of aliphatic carboxylic acids is 1. The summed E-state index contributed by atoms with van der Waals surface area (Å²) in [7, 11) is 0. The maximum atomic E-state index is 12.1. The van der Waals surface area contributed by atoms with E-state index in [2.05, 4.69) is 13.5 Å². The molecule has 24 heavy (non-hydrogen) atoms. The van der Waals surface area contributed by atoms with Crippen molar-refractivity contribution in [1.29, 1.82) is 0 Å². The number of carboxylic acids is 1. The van der Waals surface area contributed by atoms with Crippen LogP contribution in [0.3, 0.4) is 0 Å². The van der Waals surface area contributed by atoms with Crippen LogP contribution in [-0.4, -0.2) is 33.5 Å². The number of aliphatic hydroxyl groups excluding tert-OH is 2. The number of carboxylic acid groups (broad SMARTS) is 1. The number of rotatable bonds is 1. The molecule has 0 amide bonds. The second kappa shape index (κ2) is 4.85. The first-order chi connectivity index (χ1) is 11.2. The van der Waals surface area contributed by atoms with Crippen molar-refractivity contribution in [2.75, 3.05) is 0 Å². The Morgan fingerprint density at radius 1 is 1.21 bits per heavy atom. The highest BCUT2D eigenvalue weighted by Gasteiger charge is 2.69. The minimum absolute atomic E-state index is 0.0202. The van der Waals surface area contributed by atoms with Crippen LogP contribution >= 0.6 is 0 Å². The van der Waals surface area contributed by atoms with E-state index in [1.807, 2.05) is 6.92 Å². The van der Waals surface area contributed by atoms with Gasteiger partial charge in [-0.05, 0) is 74.2 Å². The van der Waals surface area contributed by atoms with Crippen molar-refractivity contribution in [1.82, 2.24) is 0 Å². The van der Waals surface area contributed by atoms with Crippen molar-refractivity contribution in [3.63, 3.8) is 0 Å². The number of aliphatic hydroxyl groups is 2. The minimum atomic E-state index is -0.717. The zero-order chi connectivity index (χ0) is 17.5. The van der Waals surface area contributed by atoms with Crippen LogP contribution in [0, 0.1) is 34.0 Å². The van der Waals surface area contributed by atoms with Crippen molar-refractivity contribution >= 4 is 5.97 Å². The molecule has 4 fully saturated rings. The van der Waals surface area contributed by atoms with Gasteiger partial charge in [0, 0.05) is 5.41 Å². The van der Waals surface area contributed by atoms with Gasteiger partial charge >= 0.3 is 5.97 Å². The summed E-state index contributed by atoms with van der Waals surface area (Å²) in [5.74, 6) is -0.429. The van der Waals surface area contributed by atoms with Gasteiger partial charge in [-0.25, -0.2) is 0 Å². The smallest absolute Gasteiger partial charge is 0.309 e. The molecule has 3 N–H and O–H groups in total. The first kappa shape index (κ1) is 16.6. The first-order valence-electron chi connectivity index (χ1n) is 9.45. The Labute approximate surface area is 144 Å². The summed E-state index contributed by atoms with van der Waals surface area (Å²) in [6.07, 6.45) is 4.80. The van der Waals surface area contributed by atoms with E-state index < -0.39 is 23.6 Å². The fourth-order valence-corrected chi connectivity index (χ4v) is 7.73. The molecule has 4 heteroatoms. The third-order valence-electron chi connectivity index (χ3n) is 8.65. The lowest BCUT2D eigenvalue weighted by atomic mass is 9.40. The SMILES string of the molecule is C=C1[C@@H]2C[C@H](O)[C@H]3[C@]4(C)CCC[C@@](C)(C(=O)O)[C@H]4CC[C@]3(C2)[C@H]1O. The third kappa shape index (κ3) is 1.74. The minimum Gasteiger partial charge on any atom is -0.481 e. The van der Waals surface area contributed by atoms with Gasteiger partial charge in [-0.15, -0.1) is 0 Å². The quantitative estimate of drug-likeness (QED) is 0.644. The van der Waals surface area contributed by atoms with E-state index in [1.165, 1.54) is 0 Å². The predicted molar refractivity (Wildman–Crippen MR) is 90.2 cm³/mol. The number of carbonyl (C=O) groups is 1. The molecule has 4 rings (SSSR count). The molecule has 0 heterocycles. The largest absolute Gasteiger partial charge is 0.481 e. The van der Waals surface area contributed by atoms with Gasteiger partial charge in [-0.1, -0.05) is 19.9 Å². The molecule has 8 atom stereocenters. The summed E-state index contributed by atoms with van der Waals surface area (Å²) >= 11 is 0. The third-order valence-corrected chi connectivity index (χ3v) is 8.65. The van der Waals surface area contributed by atoms with Crippen LogP contribution in [-0.2, 0) is 4.79 Å². The molecule has 0 saturated heterocycles. The number of hydrogen-bond donors (Lipinski definition) is 3. The average molecular weight is 334 g/mol. The Kier molecular flexibility index (Phi) is 3.35. The summed E-state index contributed by atoms with van der Waals surface area (Å²) in [5.41, 5.74) is -0.331. The van der Waals surface area contributed by atoms with Gasteiger partial charge in [0.2, 0.25) is 0 Å². The van der Waals surface area contributed by atoms with Crippen molar-refractivity contribution in [3.8, 4) is 0 Å². The van der Waals surface area contributed by atoms with Crippen molar-refractivity contribution < 1.29 is 20.1 Å². The van der Waals surface area contributed by atoms with Gasteiger partial charge in [-0.2, -0.15) is 0 Å². The van der Waals surface area contributed by atoms with E-state index in [1.54, 1.807) is 0 Å². The number of hydrogen-bond acceptors (Lipinski definition) is 3. The van der Waals surface area contributed by atoms with Gasteiger partial charge in [0.1, 0.15) is 0 Å². The Bertz CT molecular complexity index is 600. The molecule has 2 bridgehead atoms. The van der Waals surface area contributed by atoms with Gasteiger partial charge < -0.3 is 15.3 Å². The normalized spacial score (nSPS) is 56.5. The molecular formula is C20H30O4. The molecule has 0 aromatic heterocycles. The van der Waals surface area contributed by atoms with Crippen LogP contribution in [0.5, 0.6) is 0 Å². The van der Waals surface area contributed by atoms with Crippen LogP contribution in [0.15, 0.2) is 12.2 Å². The summed E-state index contributed by atoms with van der Waals surface area (Å²) < 4.78 is 0. The van der Waals surface area contributed by atoms with E-state index in [0.29, 0.717) is 6.42 Å². The molecule has 0 aliphatic heterocycles. The van der Waals surface area contributed by atoms with E-state index in [4.69, 9.17) is 0 Å². The highest BCUT2D eigenvalue weighted by Crippen LogP contribution is 2.72. The second-order valence-corrected chi connectivity index (χ2v) is 9.57. The molecular weight excluding hydrogens is 304 g/mol. The molecule has 4 aliphatic carbocycles. The standard InChI is InChI=1S/C20H30O4/c1-11-12-9-13(21)15-18(2)6-4-7-19(3,17(23)24)14(18)5-8-20(15,10-12)16(11)22/h12-16,21-22H,1,4-10H2,2-3H3,(H,23,24)/t12-,13+,14+,15+,16+,18-,19-,20-/m1/s1. The van der Waals surface area contributed by atoms with Crippen LogP contribution < -0.4 is 0 Å². The topological polar surface area (TPSA) is 77.8 Å². The average Bonchev–Trinajstić information content (AvgIpc) is 2.68. The Balaban J connectivity index is 1.82. The van der Waals surface area contributed by atoms with Crippen LogP contribution in [0.4, 0.5) is 0 Å². The van der Waals surface area contributed by atoms with Crippen LogP contribution in [0.2, 0.25) is 0 Å². The molecule has 134 valence electrons. The van der Waals surface area contributed by atoms with Crippen molar-refractivity contribution in [2.45, 2.75) is 71.0 Å². The van der Waals surface area contributed by atoms with E-state index in [-0.39, 0.29) is 28.6 Å². The van der Waals surface area contributed by atoms with Gasteiger partial charge in [0.05, 0.1) is 17.6 Å². The molecule has 1 spiro atoms. The Morgan fingerprint density at radius 3 is 2.58 bits per heavy atom. The fraction of sp³-hybridized carbons (Fsp3) is 0.850. The summed E-state index contributed by atoms with van der Waals surface area (Å²) in [6, 6.07) is 0. The molecule has 0 aromatic rings. The van der Waals surface area contributed by atoms with Gasteiger partial charge in [-0.3, -0.25) is 4.79 Å². The lowest BCUT2D eigenvalue weighted by Crippen LogP contribution is -2.63. The summed E-state index contributed by atoms with van der Waals surface area (Å²) in [5, 5.41) is 31.9. The predicted octanol–water partition coefficient (Wildman–Crippen LogP) is 2.98. The fourth-order valence-electron chi connectivity index (χ4n) is 7.73. The maximum Gasteiger partial charge on any atom is 0.309 e. The van der Waals surface area contributed by atoms with Gasteiger partial charge in [0.15, 0.2) is 0 Å². The zero-order valence-electron chi connectivity index (χ0n) is 14.8. The van der Waals surface area contributed by atoms with E-state index >= 15 is 0 Å². The van der Waals surface area contributed by atoms with Crippen molar-refractivity contribution in [2.24, 2.45) is 34.0 Å². The summed E-state index contributed by atoms with van der Waals surface area (Å²) in [4.78, 5) is 12.1. The number of fused-ring (bicyclic) bond motifs is 3. The van der Waals surface area contributed by atoms with Crippen molar-refractivity contribution in [3.05, 3.63) is 12.2 Å². The molecule has 4 aliphatic rings. The Hall–Kier alpha value is -0.870.